The largest absolute Gasteiger partial charge is 0.347 e. The highest BCUT2D eigenvalue weighted by Crippen LogP contribution is 2.36. The van der Waals surface area contributed by atoms with Gasteiger partial charge in [0.25, 0.3) is 11.8 Å². The third-order valence-electron chi connectivity index (χ3n) is 5.83. The van der Waals surface area contributed by atoms with Gasteiger partial charge in [-0.1, -0.05) is 48.4 Å². The Kier molecular flexibility index (Phi) is 5.78. The molecule has 30 heavy (non-hydrogen) atoms. The Morgan fingerprint density at radius 2 is 1.90 bits per heavy atom. The van der Waals surface area contributed by atoms with Crippen LogP contribution in [0.3, 0.4) is 0 Å². The van der Waals surface area contributed by atoms with E-state index in [0.717, 1.165) is 31.2 Å². The van der Waals surface area contributed by atoms with Crippen LogP contribution >= 0.6 is 0 Å². The first-order chi connectivity index (χ1) is 14.4. The second-order valence-corrected chi connectivity index (χ2v) is 8.16. The number of hydrogen-bond acceptors (Lipinski definition) is 4. The van der Waals surface area contributed by atoms with Gasteiger partial charge in [-0.3, -0.25) is 9.59 Å². The molecule has 9 heteroatoms. The standard InChI is InChI=1S/C21H25F2N5O2/c22-21(23)10-17(28(14-21)20(30)16-8-4-5-9-16)12-27-13-18(25-26-27)19(29)24-11-15-6-2-1-3-7-15/h1-3,6-7,13,16-17H,4-5,8-12,14H2,(H,24,29). The molecule has 1 atom stereocenters. The average Bonchev–Trinajstić information content (AvgIpc) is 3.47. The zero-order chi connectivity index (χ0) is 21.1. The number of carbonyl (C=O) groups excluding carboxylic acids is 2. The molecule has 1 aliphatic carbocycles. The molecule has 1 saturated heterocycles. The Bertz CT molecular complexity index is 896. The Labute approximate surface area is 173 Å². The van der Waals surface area contributed by atoms with Crippen molar-refractivity contribution in [2.24, 2.45) is 5.92 Å². The fourth-order valence-electron chi connectivity index (χ4n) is 4.30. The van der Waals surface area contributed by atoms with Crippen molar-refractivity contribution >= 4 is 11.8 Å². The number of amides is 2. The number of nitrogens with one attached hydrogen (secondary N) is 1. The maximum atomic E-state index is 14.1. The van der Waals surface area contributed by atoms with E-state index in [0.29, 0.717) is 6.54 Å². The van der Waals surface area contributed by atoms with E-state index < -0.39 is 24.9 Å². The van der Waals surface area contributed by atoms with Gasteiger partial charge in [-0.15, -0.1) is 5.10 Å². The summed E-state index contributed by atoms with van der Waals surface area (Å²) in [6, 6.07) is 8.79. The molecular formula is C21H25F2N5O2. The molecule has 1 aromatic heterocycles. The van der Waals surface area contributed by atoms with Crippen LogP contribution in [0.15, 0.2) is 36.5 Å². The first kappa shape index (κ1) is 20.4. The molecular weight excluding hydrogens is 392 g/mol. The minimum absolute atomic E-state index is 0.0903. The highest BCUT2D eigenvalue weighted by atomic mass is 19.3. The SMILES string of the molecule is O=C(NCc1ccccc1)c1cn(CC2CC(F)(F)CN2C(=O)C2CCCC2)nn1. The molecule has 1 aromatic carbocycles. The first-order valence-corrected chi connectivity index (χ1v) is 10.3. The highest BCUT2D eigenvalue weighted by Gasteiger charge is 2.48. The number of alkyl halides is 2. The van der Waals surface area contributed by atoms with Crippen LogP contribution in [0, 0.1) is 5.92 Å². The minimum atomic E-state index is -2.91. The molecule has 1 N–H and O–H groups in total. The molecule has 0 spiro atoms. The summed E-state index contributed by atoms with van der Waals surface area (Å²) in [7, 11) is 0. The summed E-state index contributed by atoms with van der Waals surface area (Å²) in [5.74, 6) is -3.64. The van der Waals surface area contributed by atoms with Crippen molar-refractivity contribution in [2.45, 2.75) is 57.2 Å². The van der Waals surface area contributed by atoms with E-state index in [-0.39, 0.29) is 30.0 Å². The number of carbonyl (C=O) groups is 2. The van der Waals surface area contributed by atoms with E-state index in [1.54, 1.807) is 0 Å². The van der Waals surface area contributed by atoms with Crippen LogP contribution in [0.5, 0.6) is 0 Å². The monoisotopic (exact) mass is 417 g/mol. The van der Waals surface area contributed by atoms with Crippen molar-refractivity contribution < 1.29 is 18.4 Å². The van der Waals surface area contributed by atoms with Gasteiger partial charge in [0.2, 0.25) is 5.91 Å². The van der Waals surface area contributed by atoms with Crippen LogP contribution in [0.4, 0.5) is 8.78 Å². The molecule has 2 heterocycles. The minimum Gasteiger partial charge on any atom is -0.347 e. The van der Waals surface area contributed by atoms with Crippen molar-refractivity contribution in [3.8, 4) is 0 Å². The topological polar surface area (TPSA) is 80.1 Å². The van der Waals surface area contributed by atoms with Crippen LogP contribution in [0.2, 0.25) is 0 Å². The van der Waals surface area contributed by atoms with Crippen LogP contribution in [-0.4, -0.2) is 50.2 Å². The summed E-state index contributed by atoms with van der Waals surface area (Å²) in [5, 5.41) is 10.5. The fraction of sp³-hybridized carbons (Fsp3) is 0.524. The summed E-state index contributed by atoms with van der Waals surface area (Å²) in [5.41, 5.74) is 1.07. The lowest BCUT2D eigenvalue weighted by atomic mass is 10.1. The molecule has 160 valence electrons. The van der Waals surface area contributed by atoms with Gasteiger partial charge in [0.05, 0.1) is 25.3 Å². The smallest absolute Gasteiger partial charge is 0.273 e. The van der Waals surface area contributed by atoms with E-state index in [1.807, 2.05) is 30.3 Å². The van der Waals surface area contributed by atoms with E-state index in [9.17, 15) is 18.4 Å². The van der Waals surface area contributed by atoms with Gasteiger partial charge in [-0.05, 0) is 18.4 Å². The predicted octanol–water partition coefficient (Wildman–Crippen LogP) is 2.63. The van der Waals surface area contributed by atoms with E-state index >= 15 is 0 Å². The number of aromatic nitrogens is 3. The van der Waals surface area contributed by atoms with Crippen molar-refractivity contribution in [2.75, 3.05) is 6.54 Å². The summed E-state index contributed by atoms with van der Waals surface area (Å²) in [6.07, 6.45) is 4.51. The van der Waals surface area contributed by atoms with Crippen molar-refractivity contribution in [3.63, 3.8) is 0 Å². The normalized spacial score (nSPS) is 21.1. The lowest BCUT2D eigenvalue weighted by molar-refractivity contribution is -0.137. The summed E-state index contributed by atoms with van der Waals surface area (Å²) >= 11 is 0. The fourth-order valence-corrected chi connectivity index (χ4v) is 4.30. The van der Waals surface area contributed by atoms with Crippen LogP contribution in [0.1, 0.15) is 48.2 Å². The van der Waals surface area contributed by atoms with E-state index in [2.05, 4.69) is 15.6 Å². The molecule has 2 aromatic rings. The summed E-state index contributed by atoms with van der Waals surface area (Å²) < 4.78 is 29.5. The Hall–Kier alpha value is -2.84. The van der Waals surface area contributed by atoms with Crippen LogP contribution in [-0.2, 0) is 17.9 Å². The molecule has 2 amide bonds. The number of rotatable bonds is 6. The highest BCUT2D eigenvalue weighted by molar-refractivity contribution is 5.91. The maximum absolute atomic E-state index is 14.1. The van der Waals surface area contributed by atoms with Crippen molar-refractivity contribution in [1.29, 1.82) is 0 Å². The molecule has 1 saturated carbocycles. The number of halogens is 2. The Morgan fingerprint density at radius 3 is 2.63 bits per heavy atom. The lowest BCUT2D eigenvalue weighted by Crippen LogP contribution is -2.41. The second-order valence-electron chi connectivity index (χ2n) is 8.16. The van der Waals surface area contributed by atoms with Crippen LogP contribution in [0.25, 0.3) is 0 Å². The second kappa shape index (κ2) is 8.49. The summed E-state index contributed by atoms with van der Waals surface area (Å²) in [6.45, 7) is -0.107. The van der Waals surface area contributed by atoms with E-state index in [1.165, 1.54) is 15.8 Å². The van der Waals surface area contributed by atoms with Gasteiger partial charge >= 0.3 is 0 Å². The van der Waals surface area contributed by atoms with Gasteiger partial charge in [-0.25, -0.2) is 13.5 Å². The molecule has 4 rings (SSSR count). The van der Waals surface area contributed by atoms with Crippen molar-refractivity contribution in [3.05, 3.63) is 47.8 Å². The number of likely N-dealkylation sites (tertiary alicyclic amines) is 1. The van der Waals surface area contributed by atoms with Crippen molar-refractivity contribution in [1.82, 2.24) is 25.2 Å². The third kappa shape index (κ3) is 4.66. The van der Waals surface area contributed by atoms with E-state index in [4.69, 9.17) is 0 Å². The maximum Gasteiger partial charge on any atom is 0.273 e. The van der Waals surface area contributed by atoms with Gasteiger partial charge in [-0.2, -0.15) is 0 Å². The zero-order valence-electron chi connectivity index (χ0n) is 16.6. The third-order valence-corrected chi connectivity index (χ3v) is 5.83. The van der Waals surface area contributed by atoms with Gasteiger partial charge in [0.1, 0.15) is 0 Å². The molecule has 0 radical (unpaired) electrons. The Balaban J connectivity index is 1.38. The number of hydrogen-bond donors (Lipinski definition) is 1. The quantitative estimate of drug-likeness (QED) is 0.784. The van der Waals surface area contributed by atoms with Crippen LogP contribution < -0.4 is 5.32 Å². The first-order valence-electron chi connectivity index (χ1n) is 10.3. The van der Waals surface area contributed by atoms with Gasteiger partial charge in [0.15, 0.2) is 5.69 Å². The molecule has 2 aliphatic rings. The molecule has 2 fully saturated rings. The lowest BCUT2D eigenvalue weighted by Gasteiger charge is -2.26. The molecule has 1 unspecified atom stereocenters. The molecule has 0 bridgehead atoms. The number of benzene rings is 1. The predicted molar refractivity (Wildman–Crippen MR) is 105 cm³/mol. The summed E-state index contributed by atoms with van der Waals surface area (Å²) in [4.78, 5) is 26.4. The number of nitrogens with zero attached hydrogens (tertiary/aromatic N) is 4. The molecule has 1 aliphatic heterocycles. The Morgan fingerprint density at radius 1 is 1.17 bits per heavy atom. The average molecular weight is 417 g/mol. The van der Waals surface area contributed by atoms with Gasteiger partial charge in [0, 0.05) is 18.9 Å². The van der Waals surface area contributed by atoms with Gasteiger partial charge < -0.3 is 10.2 Å². The molecule has 7 nitrogen and oxygen atoms in total. The zero-order valence-corrected chi connectivity index (χ0v) is 16.6.